The molecule has 3 aromatic rings. The van der Waals surface area contributed by atoms with Gasteiger partial charge in [-0.1, -0.05) is 71.5 Å². The third-order valence-corrected chi connectivity index (χ3v) is 8.01. The van der Waals surface area contributed by atoms with Gasteiger partial charge < -0.3 is 14.4 Å². The number of fused-ring (bicyclic) bond motifs is 1. The van der Waals surface area contributed by atoms with Crippen LogP contribution in [0.25, 0.3) is 0 Å². The molecule has 1 aliphatic carbocycles. The molecule has 1 aromatic heterocycles. The lowest BCUT2D eigenvalue weighted by Gasteiger charge is -2.42. The zero-order valence-electron chi connectivity index (χ0n) is 22.4. The van der Waals surface area contributed by atoms with Gasteiger partial charge in [-0.15, -0.1) is 0 Å². The minimum absolute atomic E-state index is 0. The first-order chi connectivity index (χ1) is 16.8. The summed E-state index contributed by atoms with van der Waals surface area (Å²) in [5, 5.41) is 10.7. The molecular formula is C32H41NO4. The van der Waals surface area contributed by atoms with Crippen LogP contribution in [0.1, 0.15) is 110 Å². The number of hydrogen-bond donors (Lipinski definition) is 1. The van der Waals surface area contributed by atoms with Crippen molar-refractivity contribution >= 4 is 11.7 Å². The first-order valence-electron chi connectivity index (χ1n) is 12.6. The summed E-state index contributed by atoms with van der Waals surface area (Å²) >= 11 is 0. The van der Waals surface area contributed by atoms with E-state index in [0.717, 1.165) is 24.0 Å². The normalized spacial score (nSPS) is 17.2. The van der Waals surface area contributed by atoms with Gasteiger partial charge in [0, 0.05) is 12.6 Å². The van der Waals surface area contributed by atoms with Crippen LogP contribution in [0.3, 0.4) is 0 Å². The maximum atomic E-state index is 13.5. The molecule has 1 N–H and O–H groups in total. The highest BCUT2D eigenvalue weighted by molar-refractivity contribution is 6.09. The highest BCUT2D eigenvalue weighted by Gasteiger charge is 2.38. The number of furan rings is 1. The van der Waals surface area contributed by atoms with E-state index in [2.05, 4.69) is 33.8 Å². The quantitative estimate of drug-likeness (QED) is 0.368. The van der Waals surface area contributed by atoms with Gasteiger partial charge in [0.15, 0.2) is 11.5 Å². The first-order valence-corrected chi connectivity index (χ1v) is 12.6. The molecule has 5 nitrogen and oxygen atoms in total. The highest BCUT2D eigenvalue weighted by atomic mass is 16.4. The molecule has 0 spiro atoms. The van der Waals surface area contributed by atoms with Crippen LogP contribution in [0.15, 0.2) is 59.0 Å². The van der Waals surface area contributed by atoms with Crippen molar-refractivity contribution < 1.29 is 19.1 Å². The fourth-order valence-electron chi connectivity index (χ4n) is 5.17. The molecule has 1 amide bonds. The number of aliphatic hydroxyl groups is 1. The molecule has 0 fully saturated rings. The van der Waals surface area contributed by atoms with Gasteiger partial charge in [0.2, 0.25) is 5.78 Å². The van der Waals surface area contributed by atoms with Crippen LogP contribution in [0, 0.1) is 6.92 Å². The minimum Gasteiger partial charge on any atom is -0.447 e. The Labute approximate surface area is 221 Å². The Hall–Kier alpha value is -3.18. The number of nitrogens with zero attached hydrogens (tertiary/aromatic N) is 1. The van der Waals surface area contributed by atoms with E-state index in [-0.39, 0.29) is 41.5 Å². The number of carbonyl (C=O) groups excluding carboxylic acids is 2. The number of aliphatic hydroxyl groups excluding tert-OH is 1. The van der Waals surface area contributed by atoms with Crippen molar-refractivity contribution in [2.24, 2.45) is 0 Å². The largest absolute Gasteiger partial charge is 0.447 e. The molecule has 0 radical (unpaired) electrons. The van der Waals surface area contributed by atoms with Gasteiger partial charge in [0.05, 0.1) is 12.1 Å². The lowest BCUT2D eigenvalue weighted by molar-refractivity contribution is 0.0460. The third kappa shape index (κ3) is 5.28. The summed E-state index contributed by atoms with van der Waals surface area (Å²) in [6.07, 6.45) is 1.32. The van der Waals surface area contributed by atoms with Gasteiger partial charge in [-0.3, -0.25) is 9.59 Å². The Kier molecular flexibility index (Phi) is 7.90. The summed E-state index contributed by atoms with van der Waals surface area (Å²) < 4.78 is 5.79. The molecular weight excluding hydrogens is 462 g/mol. The maximum Gasteiger partial charge on any atom is 0.289 e. The number of carbonyl (C=O) groups is 2. The molecule has 5 heteroatoms. The van der Waals surface area contributed by atoms with Gasteiger partial charge in [-0.25, -0.2) is 0 Å². The van der Waals surface area contributed by atoms with Crippen molar-refractivity contribution in [3.63, 3.8) is 0 Å². The molecule has 0 saturated heterocycles. The Morgan fingerprint density at radius 2 is 1.46 bits per heavy atom. The van der Waals surface area contributed by atoms with E-state index in [9.17, 15) is 14.7 Å². The van der Waals surface area contributed by atoms with E-state index in [1.807, 2.05) is 43.3 Å². The number of aryl methyl sites for hydroxylation is 1. The Morgan fingerprint density at radius 3 is 2.05 bits per heavy atom. The van der Waals surface area contributed by atoms with E-state index in [4.69, 9.17) is 4.42 Å². The van der Waals surface area contributed by atoms with Gasteiger partial charge >= 0.3 is 0 Å². The number of likely N-dealkylation sites (N-methyl/N-ethyl adjacent to an activating group) is 1. The predicted octanol–water partition coefficient (Wildman–Crippen LogP) is 7.00. The van der Waals surface area contributed by atoms with Gasteiger partial charge in [0.1, 0.15) is 0 Å². The summed E-state index contributed by atoms with van der Waals surface area (Å²) in [6, 6.07) is 16.0. The average molecular weight is 504 g/mol. The van der Waals surface area contributed by atoms with Crippen LogP contribution in [0.4, 0.5) is 0 Å². The number of amides is 1. The second kappa shape index (κ2) is 10.3. The van der Waals surface area contributed by atoms with Crippen molar-refractivity contribution in [1.82, 2.24) is 4.90 Å². The Balaban J connectivity index is 0.00000380. The second-order valence-electron chi connectivity index (χ2n) is 11.5. The van der Waals surface area contributed by atoms with E-state index >= 15 is 0 Å². The van der Waals surface area contributed by atoms with Gasteiger partial charge in [-0.2, -0.15) is 0 Å². The van der Waals surface area contributed by atoms with Crippen LogP contribution in [-0.4, -0.2) is 34.8 Å². The summed E-state index contributed by atoms with van der Waals surface area (Å²) in [7, 11) is 1.63. The van der Waals surface area contributed by atoms with E-state index < -0.39 is 12.1 Å². The van der Waals surface area contributed by atoms with Crippen molar-refractivity contribution in [2.75, 3.05) is 7.05 Å². The fourth-order valence-corrected chi connectivity index (χ4v) is 5.17. The first kappa shape index (κ1) is 28.4. The number of benzene rings is 2. The zero-order chi connectivity index (χ0) is 26.4. The Bertz CT molecular complexity index is 1290. The van der Waals surface area contributed by atoms with E-state index in [0.29, 0.717) is 5.56 Å². The van der Waals surface area contributed by atoms with Crippen LogP contribution in [0.5, 0.6) is 0 Å². The smallest absolute Gasteiger partial charge is 0.289 e. The van der Waals surface area contributed by atoms with Gasteiger partial charge in [0.25, 0.3) is 5.91 Å². The highest BCUT2D eigenvalue weighted by Crippen LogP contribution is 2.46. The van der Waals surface area contributed by atoms with Crippen LogP contribution >= 0.6 is 0 Å². The van der Waals surface area contributed by atoms with Crippen LogP contribution in [0.2, 0.25) is 0 Å². The Morgan fingerprint density at radius 1 is 0.919 bits per heavy atom. The molecule has 0 saturated carbocycles. The summed E-state index contributed by atoms with van der Waals surface area (Å²) in [5.41, 5.74) is 4.80. The number of ketones is 1. The monoisotopic (exact) mass is 503 g/mol. The SMILES string of the molecule is C.Cc1cc2c(cc1C(=O)c1ccc(C(=O)N(C)[C@H](C)[C@@H](O)c3ccccc3)o1)C(C)(C)CCC2(C)C. The second-order valence-corrected chi connectivity index (χ2v) is 11.5. The van der Waals surface area contributed by atoms with Crippen LogP contribution < -0.4 is 0 Å². The minimum atomic E-state index is -0.845. The van der Waals surface area contributed by atoms with Crippen LogP contribution in [-0.2, 0) is 10.8 Å². The average Bonchev–Trinajstić information content (AvgIpc) is 3.35. The van der Waals surface area contributed by atoms with E-state index in [1.54, 1.807) is 20.0 Å². The van der Waals surface area contributed by atoms with Crippen molar-refractivity contribution in [1.29, 1.82) is 0 Å². The molecule has 0 unspecified atom stereocenters. The number of hydrogen-bond acceptors (Lipinski definition) is 4. The topological polar surface area (TPSA) is 70.8 Å². The lowest BCUT2D eigenvalue weighted by Crippen LogP contribution is -2.38. The fraction of sp³-hybridized carbons (Fsp3) is 0.438. The predicted molar refractivity (Wildman–Crippen MR) is 148 cm³/mol. The molecule has 198 valence electrons. The molecule has 1 heterocycles. The third-order valence-electron chi connectivity index (χ3n) is 8.01. The van der Waals surface area contributed by atoms with Gasteiger partial charge in [-0.05, 0) is 78.0 Å². The van der Waals surface area contributed by atoms with E-state index in [1.165, 1.54) is 22.1 Å². The summed E-state index contributed by atoms with van der Waals surface area (Å²) in [5.74, 6) is -0.404. The molecule has 2 aromatic carbocycles. The number of rotatable bonds is 6. The van der Waals surface area contributed by atoms with Crippen molar-refractivity contribution in [2.45, 2.75) is 84.8 Å². The van der Waals surface area contributed by atoms with Crippen molar-refractivity contribution in [3.8, 4) is 0 Å². The molecule has 1 aliphatic rings. The lowest BCUT2D eigenvalue weighted by atomic mass is 9.62. The molecule has 0 aliphatic heterocycles. The molecule has 2 atom stereocenters. The summed E-state index contributed by atoms with van der Waals surface area (Å²) in [4.78, 5) is 28.1. The van der Waals surface area contributed by atoms with Crippen molar-refractivity contribution in [3.05, 3.63) is 93.9 Å². The molecule has 4 rings (SSSR count). The standard InChI is InChI=1S/C31H37NO4.CH4/c1-19-17-23-24(31(5,6)16-15-30(23,3)4)18-22(19)28(34)25-13-14-26(36-25)29(35)32(7)20(2)27(33)21-11-9-8-10-12-21;/h8-14,17-18,20,27,33H,15-16H2,1-7H3;1H4/t20-,27-;/m1./s1. The maximum absolute atomic E-state index is 13.5. The molecule has 0 bridgehead atoms. The zero-order valence-corrected chi connectivity index (χ0v) is 22.4. The summed E-state index contributed by atoms with van der Waals surface area (Å²) in [6.45, 7) is 12.7. The molecule has 37 heavy (non-hydrogen) atoms.